The quantitative estimate of drug-likeness (QED) is 0.776. The molecule has 1 aliphatic heterocycles. The lowest BCUT2D eigenvalue weighted by atomic mass is 10.2. The molecule has 1 saturated heterocycles. The van der Waals surface area contributed by atoms with Crippen molar-refractivity contribution in [2.24, 2.45) is 0 Å². The summed E-state index contributed by atoms with van der Waals surface area (Å²) < 4.78 is 37.3. The minimum absolute atomic E-state index is 0.113. The van der Waals surface area contributed by atoms with Crippen LogP contribution in [-0.2, 0) is 20.8 Å². The van der Waals surface area contributed by atoms with Crippen LogP contribution in [0.4, 0.5) is 0 Å². The Balaban J connectivity index is 2.02. The molecule has 6 nitrogen and oxygen atoms in total. The number of hydrogen-bond acceptors (Lipinski definition) is 4. The first-order chi connectivity index (χ1) is 7.58. The molecule has 0 radical (unpaired) electrons. The summed E-state index contributed by atoms with van der Waals surface area (Å²) >= 11 is 0. The summed E-state index contributed by atoms with van der Waals surface area (Å²) in [4.78, 5) is 0.138. The van der Waals surface area contributed by atoms with Crippen LogP contribution in [0.2, 0.25) is 0 Å². The maximum Gasteiger partial charge on any atom is 0.243 e. The highest BCUT2D eigenvalue weighted by molar-refractivity contribution is 7.89. The van der Waals surface area contributed by atoms with Crippen molar-refractivity contribution in [1.82, 2.24) is 14.9 Å². The van der Waals surface area contributed by atoms with Gasteiger partial charge in [-0.25, -0.2) is 13.1 Å². The second-order valence-corrected chi connectivity index (χ2v) is 7.09. The molecule has 1 aromatic rings. The maximum atomic E-state index is 11.8. The van der Waals surface area contributed by atoms with E-state index < -0.39 is 20.8 Å². The highest BCUT2D eigenvalue weighted by Crippen LogP contribution is 2.13. The van der Waals surface area contributed by atoms with E-state index in [9.17, 15) is 12.6 Å². The van der Waals surface area contributed by atoms with Crippen molar-refractivity contribution in [2.45, 2.75) is 23.8 Å². The molecule has 1 aliphatic rings. The third-order valence-electron chi connectivity index (χ3n) is 2.49. The summed E-state index contributed by atoms with van der Waals surface area (Å²) in [5.41, 5.74) is 0. The maximum absolute atomic E-state index is 11.8. The van der Waals surface area contributed by atoms with Crippen molar-refractivity contribution in [3.8, 4) is 0 Å². The fourth-order valence-corrected chi connectivity index (χ4v) is 4.09. The van der Waals surface area contributed by atoms with E-state index in [4.69, 9.17) is 0 Å². The summed E-state index contributed by atoms with van der Waals surface area (Å²) in [6.07, 6.45) is 3.86. The van der Waals surface area contributed by atoms with Crippen LogP contribution in [0, 0.1) is 0 Å². The molecule has 0 unspecified atom stereocenters. The predicted molar refractivity (Wildman–Crippen MR) is 59.8 cm³/mol. The van der Waals surface area contributed by atoms with Gasteiger partial charge in [-0.3, -0.25) is 9.31 Å². The summed E-state index contributed by atoms with van der Waals surface area (Å²) in [5, 5.41) is 6.06. The Morgan fingerprint density at radius 3 is 2.69 bits per heavy atom. The second-order valence-electron chi connectivity index (χ2n) is 3.68. The van der Waals surface area contributed by atoms with Gasteiger partial charge in [-0.2, -0.15) is 5.10 Å². The summed E-state index contributed by atoms with van der Waals surface area (Å²) in [5.74, 6) is 1.14. The van der Waals surface area contributed by atoms with Crippen LogP contribution in [0.3, 0.4) is 0 Å². The number of nitrogens with zero attached hydrogens (tertiary/aromatic N) is 1. The van der Waals surface area contributed by atoms with Crippen LogP contribution >= 0.6 is 0 Å². The van der Waals surface area contributed by atoms with Gasteiger partial charge in [0.05, 0.1) is 6.20 Å². The number of nitrogens with one attached hydrogen (secondary N) is 2. The molecule has 2 heterocycles. The van der Waals surface area contributed by atoms with Gasteiger partial charge in [0.2, 0.25) is 10.0 Å². The Morgan fingerprint density at radius 1 is 1.44 bits per heavy atom. The van der Waals surface area contributed by atoms with E-state index >= 15 is 0 Å². The number of rotatable bonds is 3. The zero-order valence-corrected chi connectivity index (χ0v) is 10.2. The summed E-state index contributed by atoms with van der Waals surface area (Å²) in [6.45, 7) is 0. The largest absolute Gasteiger partial charge is 0.284 e. The van der Waals surface area contributed by atoms with Crippen LogP contribution in [0.1, 0.15) is 12.8 Å². The monoisotopic (exact) mass is 263 g/mol. The molecular formula is C8H13N3O3S2. The minimum atomic E-state index is -3.48. The number of aromatic amines is 1. The van der Waals surface area contributed by atoms with Gasteiger partial charge in [-0.05, 0) is 12.8 Å². The lowest BCUT2D eigenvalue weighted by Gasteiger charge is -2.21. The van der Waals surface area contributed by atoms with Gasteiger partial charge in [0.25, 0.3) is 0 Å². The van der Waals surface area contributed by atoms with Crippen LogP contribution in [0.15, 0.2) is 17.3 Å². The van der Waals surface area contributed by atoms with E-state index in [-0.39, 0.29) is 10.9 Å². The Hall–Kier alpha value is -0.730. The fourth-order valence-electron chi connectivity index (χ4n) is 1.59. The van der Waals surface area contributed by atoms with E-state index in [2.05, 4.69) is 14.9 Å². The van der Waals surface area contributed by atoms with Gasteiger partial charge >= 0.3 is 0 Å². The molecule has 2 rings (SSSR count). The van der Waals surface area contributed by atoms with Crippen molar-refractivity contribution in [1.29, 1.82) is 0 Å². The average molecular weight is 263 g/mol. The van der Waals surface area contributed by atoms with Gasteiger partial charge in [0.1, 0.15) is 4.90 Å². The topological polar surface area (TPSA) is 91.9 Å². The molecule has 8 heteroatoms. The van der Waals surface area contributed by atoms with Gasteiger partial charge < -0.3 is 0 Å². The van der Waals surface area contributed by atoms with Crippen molar-refractivity contribution >= 4 is 20.8 Å². The van der Waals surface area contributed by atoms with Gasteiger partial charge in [-0.15, -0.1) is 0 Å². The normalized spacial score (nSPS) is 26.8. The van der Waals surface area contributed by atoms with E-state index in [0.29, 0.717) is 24.3 Å². The number of sulfonamides is 1. The molecule has 16 heavy (non-hydrogen) atoms. The van der Waals surface area contributed by atoms with Gasteiger partial charge in [0, 0.05) is 34.5 Å². The zero-order chi connectivity index (χ0) is 11.6. The van der Waals surface area contributed by atoms with Crippen LogP contribution < -0.4 is 4.72 Å². The predicted octanol–water partition coefficient (Wildman–Crippen LogP) is -0.401. The molecule has 1 aromatic heterocycles. The number of H-pyrrole nitrogens is 1. The molecular weight excluding hydrogens is 250 g/mol. The third-order valence-corrected chi connectivity index (χ3v) is 5.36. The van der Waals surface area contributed by atoms with E-state index in [1.165, 1.54) is 12.4 Å². The van der Waals surface area contributed by atoms with Gasteiger partial charge in [-0.1, -0.05) is 0 Å². The average Bonchev–Trinajstić information content (AvgIpc) is 2.75. The molecule has 0 spiro atoms. The highest BCUT2D eigenvalue weighted by atomic mass is 32.2. The van der Waals surface area contributed by atoms with Crippen molar-refractivity contribution in [3.05, 3.63) is 12.4 Å². The molecule has 2 N–H and O–H groups in total. The van der Waals surface area contributed by atoms with E-state index in [0.717, 1.165) is 0 Å². The molecule has 0 aromatic carbocycles. The Morgan fingerprint density at radius 2 is 2.12 bits per heavy atom. The Labute approximate surface area is 96.3 Å². The second kappa shape index (κ2) is 4.64. The first-order valence-electron chi connectivity index (χ1n) is 4.94. The van der Waals surface area contributed by atoms with Crippen molar-refractivity contribution in [2.75, 3.05) is 11.5 Å². The minimum Gasteiger partial charge on any atom is -0.284 e. The molecule has 0 saturated carbocycles. The number of aromatic nitrogens is 2. The third kappa shape index (κ3) is 2.69. The van der Waals surface area contributed by atoms with Crippen molar-refractivity contribution in [3.63, 3.8) is 0 Å². The van der Waals surface area contributed by atoms with Crippen LogP contribution in [0.25, 0.3) is 0 Å². The first kappa shape index (κ1) is 11.7. The fraction of sp³-hybridized carbons (Fsp3) is 0.625. The molecule has 90 valence electrons. The van der Waals surface area contributed by atoms with E-state index in [1.807, 2.05) is 0 Å². The first-order valence-corrected chi connectivity index (χ1v) is 7.91. The standard InChI is InChI=1S/C8H13N3O3S2/c12-15-3-1-7(2-4-15)11-16(13,14)8-5-9-10-6-8/h5-7,11H,1-4H2,(H,9,10). The molecule has 0 bridgehead atoms. The Kier molecular flexibility index (Phi) is 3.41. The smallest absolute Gasteiger partial charge is 0.243 e. The van der Waals surface area contributed by atoms with Crippen LogP contribution in [0.5, 0.6) is 0 Å². The SMILES string of the molecule is O=S1CCC(NS(=O)(=O)c2cn[nH]c2)CC1. The summed E-state index contributed by atoms with van der Waals surface area (Å²) in [6, 6.07) is -0.113. The molecule has 0 amide bonds. The highest BCUT2D eigenvalue weighted by Gasteiger charge is 2.24. The lowest BCUT2D eigenvalue weighted by molar-refractivity contribution is 0.522. The summed E-state index contributed by atoms with van der Waals surface area (Å²) in [7, 11) is -4.26. The van der Waals surface area contributed by atoms with Crippen LogP contribution in [-0.4, -0.2) is 40.4 Å². The molecule has 0 aliphatic carbocycles. The lowest BCUT2D eigenvalue weighted by Crippen LogP contribution is -2.39. The molecule has 1 fully saturated rings. The molecule has 0 atom stereocenters. The Bertz CT molecular complexity index is 459. The van der Waals surface area contributed by atoms with Crippen molar-refractivity contribution < 1.29 is 12.6 Å². The van der Waals surface area contributed by atoms with Gasteiger partial charge in [0.15, 0.2) is 0 Å². The van der Waals surface area contributed by atoms with E-state index in [1.54, 1.807) is 0 Å². The zero-order valence-electron chi connectivity index (χ0n) is 8.55. The number of hydrogen-bond donors (Lipinski definition) is 2.